The van der Waals surface area contributed by atoms with Gasteiger partial charge in [-0.25, -0.2) is 4.98 Å². The van der Waals surface area contributed by atoms with Gasteiger partial charge in [-0.15, -0.1) is 0 Å². The van der Waals surface area contributed by atoms with Crippen LogP contribution in [0.25, 0.3) is 16.6 Å². The predicted molar refractivity (Wildman–Crippen MR) is 131 cm³/mol. The molecule has 0 amide bonds. The van der Waals surface area contributed by atoms with Crippen LogP contribution in [0, 0.1) is 27.7 Å². The maximum Gasteiger partial charge on any atom is 0.282 e. The molecule has 0 atom stereocenters. The monoisotopic (exact) mass is 476 g/mol. The summed E-state index contributed by atoms with van der Waals surface area (Å²) in [6.45, 7) is 10.4. The number of nitrogens with zero attached hydrogens (tertiary/aromatic N) is 4. The zero-order valence-electron chi connectivity index (χ0n) is 18.4. The third kappa shape index (κ3) is 3.88. The first-order valence-electron chi connectivity index (χ1n) is 10.3. The van der Waals surface area contributed by atoms with E-state index < -0.39 is 0 Å². The van der Waals surface area contributed by atoms with Gasteiger partial charge in [-0.1, -0.05) is 35.0 Å². The van der Waals surface area contributed by atoms with E-state index in [1.165, 1.54) is 21.5 Å². The van der Waals surface area contributed by atoms with Crippen LogP contribution in [-0.2, 0) is 6.42 Å². The lowest BCUT2D eigenvalue weighted by Crippen LogP contribution is -2.22. The molecule has 0 fully saturated rings. The van der Waals surface area contributed by atoms with Crippen molar-refractivity contribution in [2.45, 2.75) is 41.0 Å². The predicted octanol–water partition coefficient (Wildman–Crippen LogP) is 5.63. The highest BCUT2D eigenvalue weighted by atomic mass is 79.9. The summed E-state index contributed by atoms with van der Waals surface area (Å²) in [5.41, 5.74) is 7.29. The summed E-state index contributed by atoms with van der Waals surface area (Å²) in [5.74, 6) is 0.638. The van der Waals surface area contributed by atoms with Gasteiger partial charge in [0.15, 0.2) is 0 Å². The summed E-state index contributed by atoms with van der Waals surface area (Å²) in [5, 5.41) is 5.11. The van der Waals surface area contributed by atoms with Crippen LogP contribution in [0.1, 0.15) is 40.8 Å². The second-order valence-electron chi connectivity index (χ2n) is 7.86. The van der Waals surface area contributed by atoms with E-state index in [4.69, 9.17) is 0 Å². The molecule has 0 unspecified atom stereocenters. The fourth-order valence-electron chi connectivity index (χ4n) is 3.91. The lowest BCUT2D eigenvalue weighted by Gasteiger charge is -2.13. The number of aromatic nitrogens is 3. The molecule has 0 aliphatic carbocycles. The Balaban J connectivity index is 1.83. The standard InChI is InChI=1S/C25H25BrN4O/c1-6-24-28-22-10-9-20(26)13-21(22)25(31)30(24)27-14-19-12-17(4)29(18(19)5)23-11-15(2)7-8-16(23)3/h7-14H,6H2,1-5H3. The lowest BCUT2D eigenvalue weighted by molar-refractivity contribution is 0.734. The summed E-state index contributed by atoms with van der Waals surface area (Å²) < 4.78 is 4.50. The molecule has 0 bridgehead atoms. The Hall–Kier alpha value is -2.99. The van der Waals surface area contributed by atoms with Crippen molar-refractivity contribution in [3.8, 4) is 5.69 Å². The fourth-order valence-corrected chi connectivity index (χ4v) is 4.27. The highest BCUT2D eigenvalue weighted by Crippen LogP contribution is 2.23. The summed E-state index contributed by atoms with van der Waals surface area (Å²) in [6, 6.07) is 14.1. The molecular weight excluding hydrogens is 452 g/mol. The SMILES string of the molecule is CCc1nc2ccc(Br)cc2c(=O)n1N=Cc1cc(C)n(-c2cc(C)ccc2C)c1C. The van der Waals surface area contributed by atoms with E-state index in [2.05, 4.69) is 82.5 Å². The molecular formula is C25H25BrN4O. The Labute approximate surface area is 190 Å². The molecule has 2 aromatic carbocycles. The molecule has 31 heavy (non-hydrogen) atoms. The second-order valence-corrected chi connectivity index (χ2v) is 8.77. The molecule has 4 aromatic rings. The summed E-state index contributed by atoms with van der Waals surface area (Å²) in [7, 11) is 0. The number of halogens is 1. The van der Waals surface area contributed by atoms with Gasteiger partial charge in [0.25, 0.3) is 5.56 Å². The van der Waals surface area contributed by atoms with E-state index in [9.17, 15) is 4.79 Å². The Kier molecular flexibility index (Phi) is 5.67. The molecule has 0 aliphatic rings. The van der Waals surface area contributed by atoms with Crippen LogP contribution < -0.4 is 5.56 Å². The van der Waals surface area contributed by atoms with Gasteiger partial charge in [0.2, 0.25) is 0 Å². The molecule has 0 aliphatic heterocycles. The zero-order chi connectivity index (χ0) is 22.3. The Morgan fingerprint density at radius 1 is 1.06 bits per heavy atom. The van der Waals surface area contributed by atoms with Crippen molar-refractivity contribution < 1.29 is 0 Å². The van der Waals surface area contributed by atoms with E-state index in [-0.39, 0.29) is 5.56 Å². The first kappa shape index (κ1) is 21.2. The Morgan fingerprint density at radius 3 is 2.58 bits per heavy atom. The second kappa shape index (κ2) is 8.27. The van der Waals surface area contributed by atoms with Gasteiger partial charge in [-0.3, -0.25) is 4.79 Å². The highest BCUT2D eigenvalue weighted by molar-refractivity contribution is 9.10. The smallest absolute Gasteiger partial charge is 0.282 e. The minimum atomic E-state index is -0.164. The zero-order valence-corrected chi connectivity index (χ0v) is 20.0. The average Bonchev–Trinajstić information content (AvgIpc) is 3.02. The van der Waals surface area contributed by atoms with Crippen molar-refractivity contribution in [2.75, 3.05) is 0 Å². The number of hydrogen-bond acceptors (Lipinski definition) is 3. The Morgan fingerprint density at radius 2 is 1.84 bits per heavy atom. The van der Waals surface area contributed by atoms with Gasteiger partial charge < -0.3 is 4.57 Å². The normalized spacial score (nSPS) is 11.7. The molecule has 0 N–H and O–H groups in total. The third-order valence-corrected chi connectivity index (χ3v) is 6.07. The van der Waals surface area contributed by atoms with Crippen molar-refractivity contribution in [1.29, 1.82) is 0 Å². The van der Waals surface area contributed by atoms with Crippen molar-refractivity contribution >= 4 is 33.0 Å². The molecule has 2 aromatic heterocycles. The van der Waals surface area contributed by atoms with E-state index in [0.29, 0.717) is 23.1 Å². The molecule has 0 spiro atoms. The van der Waals surface area contributed by atoms with Gasteiger partial charge >= 0.3 is 0 Å². The first-order chi connectivity index (χ1) is 14.8. The fraction of sp³-hybridized carbons (Fsp3) is 0.240. The first-order valence-corrected chi connectivity index (χ1v) is 11.1. The largest absolute Gasteiger partial charge is 0.318 e. The van der Waals surface area contributed by atoms with Crippen LogP contribution in [-0.4, -0.2) is 20.4 Å². The van der Waals surface area contributed by atoms with Crippen LogP contribution in [0.3, 0.4) is 0 Å². The average molecular weight is 477 g/mol. The number of fused-ring (bicyclic) bond motifs is 1. The molecule has 0 saturated carbocycles. The van der Waals surface area contributed by atoms with Gasteiger partial charge in [0.05, 0.1) is 17.1 Å². The van der Waals surface area contributed by atoms with E-state index in [0.717, 1.165) is 21.4 Å². The lowest BCUT2D eigenvalue weighted by atomic mass is 10.1. The molecule has 5 nitrogen and oxygen atoms in total. The number of rotatable bonds is 4. The van der Waals surface area contributed by atoms with Crippen LogP contribution in [0.4, 0.5) is 0 Å². The number of benzene rings is 2. The van der Waals surface area contributed by atoms with Crippen molar-refractivity contribution in [2.24, 2.45) is 5.10 Å². The number of aryl methyl sites for hydroxylation is 4. The maximum atomic E-state index is 13.1. The van der Waals surface area contributed by atoms with Gasteiger partial charge in [-0.05, 0) is 69.2 Å². The topological polar surface area (TPSA) is 52.2 Å². The van der Waals surface area contributed by atoms with Crippen molar-refractivity contribution in [3.63, 3.8) is 0 Å². The molecule has 2 heterocycles. The summed E-state index contributed by atoms with van der Waals surface area (Å²) >= 11 is 3.44. The van der Waals surface area contributed by atoms with E-state index in [1.807, 2.05) is 19.1 Å². The third-order valence-electron chi connectivity index (χ3n) is 5.58. The van der Waals surface area contributed by atoms with Gasteiger partial charge in [0.1, 0.15) is 5.82 Å². The minimum absolute atomic E-state index is 0.164. The summed E-state index contributed by atoms with van der Waals surface area (Å²) in [6.07, 6.45) is 2.37. The molecule has 0 saturated heterocycles. The number of hydrogen-bond donors (Lipinski definition) is 0. The van der Waals surface area contributed by atoms with E-state index >= 15 is 0 Å². The minimum Gasteiger partial charge on any atom is -0.318 e. The molecule has 158 valence electrons. The van der Waals surface area contributed by atoms with Crippen LogP contribution in [0.5, 0.6) is 0 Å². The van der Waals surface area contributed by atoms with Crippen LogP contribution >= 0.6 is 15.9 Å². The molecule has 6 heteroatoms. The van der Waals surface area contributed by atoms with Gasteiger partial charge in [-0.2, -0.15) is 9.78 Å². The van der Waals surface area contributed by atoms with Crippen LogP contribution in [0.2, 0.25) is 0 Å². The van der Waals surface area contributed by atoms with Crippen molar-refractivity contribution in [3.05, 3.63) is 91.2 Å². The van der Waals surface area contributed by atoms with Crippen LogP contribution in [0.15, 0.2) is 56.8 Å². The van der Waals surface area contributed by atoms with Crippen molar-refractivity contribution in [1.82, 2.24) is 14.2 Å². The quantitative estimate of drug-likeness (QED) is 0.358. The summed E-state index contributed by atoms with van der Waals surface area (Å²) in [4.78, 5) is 17.8. The molecule has 0 radical (unpaired) electrons. The van der Waals surface area contributed by atoms with Gasteiger partial charge in [0, 0.05) is 33.5 Å². The van der Waals surface area contributed by atoms with E-state index in [1.54, 1.807) is 12.3 Å². The highest BCUT2D eigenvalue weighted by Gasteiger charge is 2.13. The molecule has 4 rings (SSSR count). The maximum absolute atomic E-state index is 13.1. The Bertz CT molecular complexity index is 1400.